The Labute approximate surface area is 113 Å². The Hall–Kier alpha value is -1.60. The quantitative estimate of drug-likeness (QED) is 0.930. The predicted molar refractivity (Wildman–Crippen MR) is 61.9 cm³/mol. The van der Waals surface area contributed by atoms with Crippen LogP contribution in [0.4, 0.5) is 13.2 Å². The van der Waals surface area contributed by atoms with Crippen molar-refractivity contribution >= 4 is 5.97 Å². The molecule has 1 heterocycles. The van der Waals surface area contributed by atoms with Gasteiger partial charge < -0.3 is 14.6 Å². The van der Waals surface area contributed by atoms with Crippen molar-refractivity contribution in [2.75, 3.05) is 6.61 Å². The van der Waals surface area contributed by atoms with Gasteiger partial charge in [0.05, 0.1) is 24.7 Å². The fraction of sp³-hybridized carbons (Fsp3) is 0.462. The largest absolute Gasteiger partial charge is 0.481 e. The van der Waals surface area contributed by atoms with E-state index in [9.17, 15) is 18.0 Å². The Morgan fingerprint density at radius 3 is 2.70 bits per heavy atom. The second-order valence-electron chi connectivity index (χ2n) is 4.64. The van der Waals surface area contributed by atoms with Crippen LogP contribution in [0.1, 0.15) is 24.5 Å². The Morgan fingerprint density at radius 2 is 2.10 bits per heavy atom. The number of benzene rings is 1. The zero-order valence-electron chi connectivity index (χ0n) is 10.6. The Morgan fingerprint density at radius 1 is 1.45 bits per heavy atom. The number of alkyl halides is 3. The van der Waals surface area contributed by atoms with Gasteiger partial charge in [-0.15, -0.1) is 0 Å². The number of carboxylic acids is 1. The van der Waals surface area contributed by atoms with Crippen molar-refractivity contribution in [1.82, 2.24) is 0 Å². The van der Waals surface area contributed by atoms with Gasteiger partial charge in [0.1, 0.15) is 0 Å². The molecule has 0 saturated carbocycles. The van der Waals surface area contributed by atoms with Gasteiger partial charge in [0.15, 0.2) is 5.79 Å². The second-order valence-corrected chi connectivity index (χ2v) is 4.64. The molecule has 1 aliphatic heterocycles. The second kappa shape index (κ2) is 5.06. The van der Waals surface area contributed by atoms with E-state index < -0.39 is 29.6 Å². The maximum Gasteiger partial charge on any atom is 0.416 e. The lowest BCUT2D eigenvalue weighted by Crippen LogP contribution is -2.28. The molecule has 20 heavy (non-hydrogen) atoms. The van der Waals surface area contributed by atoms with E-state index in [1.165, 1.54) is 25.1 Å². The zero-order chi connectivity index (χ0) is 15.0. The molecule has 1 saturated heterocycles. The highest BCUT2D eigenvalue weighted by atomic mass is 19.4. The van der Waals surface area contributed by atoms with Gasteiger partial charge in [0.25, 0.3) is 0 Å². The molecule has 2 atom stereocenters. The summed E-state index contributed by atoms with van der Waals surface area (Å²) in [6.07, 6.45) is -5.61. The molecular formula is C13H13F3O4. The van der Waals surface area contributed by atoms with Gasteiger partial charge in [0.2, 0.25) is 0 Å². The molecule has 7 heteroatoms. The van der Waals surface area contributed by atoms with Crippen LogP contribution in [0.5, 0.6) is 0 Å². The summed E-state index contributed by atoms with van der Waals surface area (Å²) in [5.74, 6) is -2.68. The Kier molecular flexibility index (Phi) is 3.75. The van der Waals surface area contributed by atoms with Crippen molar-refractivity contribution < 1.29 is 32.5 Å². The first kappa shape index (κ1) is 14.8. The van der Waals surface area contributed by atoms with Gasteiger partial charge in [-0.1, -0.05) is 18.2 Å². The topological polar surface area (TPSA) is 55.8 Å². The van der Waals surface area contributed by atoms with Gasteiger partial charge in [0, 0.05) is 5.56 Å². The van der Waals surface area contributed by atoms with E-state index in [1.54, 1.807) is 0 Å². The lowest BCUT2D eigenvalue weighted by Gasteiger charge is -2.26. The lowest BCUT2D eigenvalue weighted by molar-refractivity contribution is -0.177. The summed E-state index contributed by atoms with van der Waals surface area (Å²) in [4.78, 5) is 10.6. The Bertz CT molecular complexity index is 515. The van der Waals surface area contributed by atoms with E-state index >= 15 is 0 Å². The average molecular weight is 290 g/mol. The highest BCUT2D eigenvalue weighted by molar-refractivity contribution is 5.67. The van der Waals surface area contributed by atoms with Crippen LogP contribution >= 0.6 is 0 Å². The normalized spacial score (nSPS) is 26.7. The minimum absolute atomic E-state index is 0.0605. The standard InChI is InChI=1S/C13H13F3O4/c1-12(19-7-8(20-12)6-11(17)18)9-4-2-3-5-10(9)13(14,15)16/h2-5,8H,6-7H2,1H3,(H,17,18). The summed E-state index contributed by atoms with van der Waals surface area (Å²) in [5, 5.41) is 8.68. The third kappa shape index (κ3) is 2.94. The fourth-order valence-electron chi connectivity index (χ4n) is 2.20. The zero-order valence-corrected chi connectivity index (χ0v) is 10.6. The molecule has 0 spiro atoms. The molecule has 0 amide bonds. The van der Waals surface area contributed by atoms with Crippen LogP contribution in [-0.4, -0.2) is 23.8 Å². The molecule has 0 bridgehead atoms. The summed E-state index contributed by atoms with van der Waals surface area (Å²) < 4.78 is 49.6. The fourth-order valence-corrected chi connectivity index (χ4v) is 2.20. The minimum Gasteiger partial charge on any atom is -0.481 e. The number of hydrogen-bond acceptors (Lipinski definition) is 3. The highest BCUT2D eigenvalue weighted by Crippen LogP contribution is 2.41. The molecule has 2 rings (SSSR count). The molecule has 1 aliphatic rings. The summed E-state index contributed by atoms with van der Waals surface area (Å²) in [6.45, 7) is 1.30. The molecule has 1 aromatic carbocycles. The van der Waals surface area contributed by atoms with Crippen LogP contribution in [0, 0.1) is 0 Å². The van der Waals surface area contributed by atoms with Gasteiger partial charge in [-0.25, -0.2) is 0 Å². The van der Waals surface area contributed by atoms with Crippen LogP contribution in [0.15, 0.2) is 24.3 Å². The number of carbonyl (C=O) groups is 1. The maximum atomic E-state index is 13.0. The Balaban J connectivity index is 2.30. The van der Waals surface area contributed by atoms with Crippen LogP contribution in [0.3, 0.4) is 0 Å². The molecule has 4 nitrogen and oxygen atoms in total. The smallest absolute Gasteiger partial charge is 0.416 e. The SMILES string of the molecule is CC1(c2ccccc2C(F)(F)F)OCC(CC(=O)O)O1. The van der Waals surface area contributed by atoms with Crippen molar-refractivity contribution in [3.8, 4) is 0 Å². The van der Waals surface area contributed by atoms with Gasteiger partial charge >= 0.3 is 12.1 Å². The van der Waals surface area contributed by atoms with Crippen molar-refractivity contribution in [2.45, 2.75) is 31.4 Å². The van der Waals surface area contributed by atoms with Crippen molar-refractivity contribution in [1.29, 1.82) is 0 Å². The predicted octanol–water partition coefficient (Wildman–Crippen LogP) is 2.77. The number of ether oxygens (including phenoxy) is 2. The van der Waals surface area contributed by atoms with E-state index in [-0.39, 0.29) is 18.6 Å². The van der Waals surface area contributed by atoms with E-state index in [0.717, 1.165) is 6.07 Å². The number of halogens is 3. The van der Waals surface area contributed by atoms with Gasteiger partial charge in [-0.2, -0.15) is 13.2 Å². The summed E-state index contributed by atoms with van der Waals surface area (Å²) in [7, 11) is 0. The van der Waals surface area contributed by atoms with E-state index in [2.05, 4.69) is 0 Å². The summed E-state index contributed by atoms with van der Waals surface area (Å²) in [6, 6.07) is 4.94. The first-order valence-corrected chi connectivity index (χ1v) is 5.92. The third-order valence-electron chi connectivity index (χ3n) is 3.06. The number of hydrogen-bond donors (Lipinski definition) is 1. The molecular weight excluding hydrogens is 277 g/mol. The van der Waals surface area contributed by atoms with Crippen molar-refractivity contribution in [3.05, 3.63) is 35.4 Å². The first-order valence-electron chi connectivity index (χ1n) is 5.92. The summed E-state index contributed by atoms with van der Waals surface area (Å²) >= 11 is 0. The number of rotatable bonds is 3. The third-order valence-corrected chi connectivity index (χ3v) is 3.06. The van der Waals surface area contributed by atoms with E-state index in [0.29, 0.717) is 0 Å². The highest BCUT2D eigenvalue weighted by Gasteiger charge is 2.45. The van der Waals surface area contributed by atoms with Gasteiger partial charge in [-0.3, -0.25) is 4.79 Å². The molecule has 0 aliphatic carbocycles. The average Bonchev–Trinajstić information content (AvgIpc) is 2.70. The molecule has 0 aromatic heterocycles. The van der Waals surface area contributed by atoms with Crippen molar-refractivity contribution in [3.63, 3.8) is 0 Å². The molecule has 110 valence electrons. The molecule has 2 unspecified atom stereocenters. The van der Waals surface area contributed by atoms with E-state index in [4.69, 9.17) is 14.6 Å². The molecule has 1 fully saturated rings. The van der Waals surface area contributed by atoms with Crippen LogP contribution in [-0.2, 0) is 26.2 Å². The van der Waals surface area contributed by atoms with Crippen molar-refractivity contribution in [2.24, 2.45) is 0 Å². The van der Waals surface area contributed by atoms with Crippen LogP contribution < -0.4 is 0 Å². The van der Waals surface area contributed by atoms with Gasteiger partial charge in [-0.05, 0) is 13.0 Å². The maximum absolute atomic E-state index is 13.0. The van der Waals surface area contributed by atoms with Crippen LogP contribution in [0.2, 0.25) is 0 Å². The number of aliphatic carboxylic acids is 1. The number of carboxylic acid groups (broad SMARTS) is 1. The minimum atomic E-state index is -4.53. The summed E-state index contributed by atoms with van der Waals surface area (Å²) in [5.41, 5.74) is -1.00. The monoisotopic (exact) mass is 290 g/mol. The molecule has 0 radical (unpaired) electrons. The van der Waals surface area contributed by atoms with Crippen LogP contribution in [0.25, 0.3) is 0 Å². The van der Waals surface area contributed by atoms with E-state index in [1.807, 2.05) is 0 Å². The molecule has 1 N–H and O–H groups in total. The lowest BCUT2D eigenvalue weighted by atomic mass is 10.00. The first-order chi connectivity index (χ1) is 9.22. The molecule has 1 aromatic rings.